The van der Waals surface area contributed by atoms with E-state index in [1.807, 2.05) is 12.1 Å². The topological polar surface area (TPSA) is 20.3 Å². The van der Waals surface area contributed by atoms with Crippen molar-refractivity contribution < 1.29 is 4.79 Å². The number of ketones is 1. The Bertz CT molecular complexity index is 417. The lowest BCUT2D eigenvalue weighted by molar-refractivity contribution is 0.101. The Labute approximate surface area is 104 Å². The van der Waals surface area contributed by atoms with Crippen LogP contribution in [0.3, 0.4) is 0 Å². The van der Waals surface area contributed by atoms with Crippen LogP contribution in [-0.2, 0) is 5.54 Å². The van der Waals surface area contributed by atoms with Gasteiger partial charge in [0.15, 0.2) is 5.78 Å². The van der Waals surface area contributed by atoms with Crippen LogP contribution in [0, 0.1) is 0 Å². The zero-order chi connectivity index (χ0) is 12.5. The maximum absolute atomic E-state index is 11.5. The van der Waals surface area contributed by atoms with Crippen LogP contribution < -0.4 is 0 Å². The predicted octanol–water partition coefficient (Wildman–Crippen LogP) is 3.22. The van der Waals surface area contributed by atoms with Crippen LogP contribution in [0.25, 0.3) is 0 Å². The van der Waals surface area contributed by atoms with Gasteiger partial charge in [0.1, 0.15) is 0 Å². The molecule has 0 aliphatic heterocycles. The van der Waals surface area contributed by atoms with Gasteiger partial charge in [-0.15, -0.1) is 0 Å². The van der Waals surface area contributed by atoms with Gasteiger partial charge < -0.3 is 0 Å². The summed E-state index contributed by atoms with van der Waals surface area (Å²) >= 11 is 0. The summed E-state index contributed by atoms with van der Waals surface area (Å²) in [5.74, 6) is 0.152. The molecular formula is C15H21NO. The first kappa shape index (κ1) is 12.3. The maximum atomic E-state index is 11.5. The highest BCUT2D eigenvalue weighted by molar-refractivity contribution is 5.94. The summed E-state index contributed by atoms with van der Waals surface area (Å²) in [6.07, 6.45) is 4.95. The third kappa shape index (κ3) is 2.14. The van der Waals surface area contributed by atoms with Gasteiger partial charge >= 0.3 is 0 Å². The molecular weight excluding hydrogens is 210 g/mol. The second-order valence-corrected chi connectivity index (χ2v) is 5.27. The van der Waals surface area contributed by atoms with Crippen molar-refractivity contribution in [2.24, 2.45) is 0 Å². The summed E-state index contributed by atoms with van der Waals surface area (Å²) in [4.78, 5) is 13.8. The summed E-state index contributed by atoms with van der Waals surface area (Å²) in [7, 11) is 4.29. The van der Waals surface area contributed by atoms with E-state index in [9.17, 15) is 4.79 Å². The van der Waals surface area contributed by atoms with E-state index in [4.69, 9.17) is 0 Å². The average molecular weight is 231 g/mol. The quantitative estimate of drug-likeness (QED) is 0.744. The second kappa shape index (κ2) is 4.61. The zero-order valence-corrected chi connectivity index (χ0v) is 11.0. The first-order valence-corrected chi connectivity index (χ1v) is 6.35. The molecule has 0 heterocycles. The van der Waals surface area contributed by atoms with Gasteiger partial charge in [-0.3, -0.25) is 9.69 Å². The number of carbonyl (C=O) groups is 1. The molecule has 0 unspecified atom stereocenters. The van der Waals surface area contributed by atoms with Crippen molar-refractivity contribution in [2.75, 3.05) is 14.1 Å². The SMILES string of the molecule is CC(=O)c1cccc(C2(N(C)C)CCCC2)c1. The molecule has 1 aromatic carbocycles. The maximum Gasteiger partial charge on any atom is 0.159 e. The molecule has 0 amide bonds. The van der Waals surface area contributed by atoms with Gasteiger partial charge in [0, 0.05) is 11.1 Å². The summed E-state index contributed by atoms with van der Waals surface area (Å²) < 4.78 is 0. The number of benzene rings is 1. The van der Waals surface area contributed by atoms with Crippen LogP contribution in [-0.4, -0.2) is 24.8 Å². The molecule has 1 aliphatic rings. The summed E-state index contributed by atoms with van der Waals surface area (Å²) in [5.41, 5.74) is 2.27. The molecule has 1 aliphatic carbocycles. The lowest BCUT2D eigenvalue weighted by atomic mass is 9.86. The molecule has 2 heteroatoms. The van der Waals surface area contributed by atoms with Gasteiger partial charge in [0.05, 0.1) is 0 Å². The van der Waals surface area contributed by atoms with E-state index in [2.05, 4.69) is 31.1 Å². The van der Waals surface area contributed by atoms with Gasteiger partial charge in [-0.1, -0.05) is 31.0 Å². The van der Waals surface area contributed by atoms with E-state index >= 15 is 0 Å². The Morgan fingerprint density at radius 1 is 1.24 bits per heavy atom. The molecule has 0 saturated heterocycles. The van der Waals surface area contributed by atoms with Crippen molar-refractivity contribution in [3.8, 4) is 0 Å². The normalized spacial score (nSPS) is 18.6. The second-order valence-electron chi connectivity index (χ2n) is 5.27. The van der Waals surface area contributed by atoms with Crippen LogP contribution in [0.5, 0.6) is 0 Å². The van der Waals surface area contributed by atoms with E-state index in [0.717, 1.165) is 5.56 Å². The van der Waals surface area contributed by atoms with Gasteiger partial charge in [-0.25, -0.2) is 0 Å². The van der Waals surface area contributed by atoms with Crippen molar-refractivity contribution >= 4 is 5.78 Å². The molecule has 0 N–H and O–H groups in total. The highest BCUT2D eigenvalue weighted by Crippen LogP contribution is 2.42. The molecule has 1 fully saturated rings. The first-order chi connectivity index (χ1) is 8.06. The van der Waals surface area contributed by atoms with Crippen LogP contribution in [0.1, 0.15) is 48.5 Å². The van der Waals surface area contributed by atoms with Crippen molar-refractivity contribution in [1.82, 2.24) is 4.90 Å². The largest absolute Gasteiger partial charge is 0.300 e. The number of Topliss-reactive ketones (excluding diaryl/α,β-unsaturated/α-hetero) is 1. The van der Waals surface area contributed by atoms with Crippen molar-refractivity contribution in [3.05, 3.63) is 35.4 Å². The van der Waals surface area contributed by atoms with Gasteiger partial charge in [0.2, 0.25) is 0 Å². The predicted molar refractivity (Wildman–Crippen MR) is 70.3 cm³/mol. The number of carbonyl (C=O) groups excluding carboxylic acids is 1. The molecule has 2 rings (SSSR count). The minimum Gasteiger partial charge on any atom is -0.300 e. The molecule has 0 radical (unpaired) electrons. The molecule has 0 spiro atoms. The zero-order valence-electron chi connectivity index (χ0n) is 11.0. The fraction of sp³-hybridized carbons (Fsp3) is 0.533. The fourth-order valence-electron chi connectivity index (χ4n) is 2.98. The van der Waals surface area contributed by atoms with E-state index in [1.54, 1.807) is 6.92 Å². The molecule has 0 atom stereocenters. The molecule has 1 aromatic rings. The Morgan fingerprint density at radius 3 is 2.41 bits per heavy atom. The average Bonchev–Trinajstić information content (AvgIpc) is 2.79. The molecule has 1 saturated carbocycles. The highest BCUT2D eigenvalue weighted by Gasteiger charge is 2.37. The van der Waals surface area contributed by atoms with E-state index in [0.29, 0.717) is 0 Å². The van der Waals surface area contributed by atoms with Crippen LogP contribution in [0.4, 0.5) is 0 Å². The minimum atomic E-state index is 0.144. The minimum absolute atomic E-state index is 0.144. The third-order valence-corrected chi connectivity index (χ3v) is 4.09. The lowest BCUT2D eigenvalue weighted by Gasteiger charge is -2.37. The van der Waals surface area contributed by atoms with Crippen LogP contribution >= 0.6 is 0 Å². The van der Waals surface area contributed by atoms with Crippen LogP contribution in [0.2, 0.25) is 0 Å². The molecule has 0 aromatic heterocycles. The lowest BCUT2D eigenvalue weighted by Crippen LogP contribution is -2.38. The molecule has 17 heavy (non-hydrogen) atoms. The highest BCUT2D eigenvalue weighted by atomic mass is 16.1. The number of nitrogens with zero attached hydrogens (tertiary/aromatic N) is 1. The third-order valence-electron chi connectivity index (χ3n) is 4.09. The fourth-order valence-corrected chi connectivity index (χ4v) is 2.98. The Morgan fingerprint density at radius 2 is 1.88 bits per heavy atom. The Hall–Kier alpha value is -1.15. The summed E-state index contributed by atoms with van der Waals surface area (Å²) in [6.45, 7) is 1.64. The van der Waals surface area contributed by atoms with Crippen molar-refractivity contribution in [2.45, 2.75) is 38.1 Å². The van der Waals surface area contributed by atoms with Crippen LogP contribution in [0.15, 0.2) is 24.3 Å². The Kier molecular flexibility index (Phi) is 3.34. The van der Waals surface area contributed by atoms with Gasteiger partial charge in [0.25, 0.3) is 0 Å². The van der Waals surface area contributed by atoms with E-state index in [1.165, 1.54) is 31.2 Å². The first-order valence-electron chi connectivity index (χ1n) is 6.35. The smallest absolute Gasteiger partial charge is 0.159 e. The molecule has 0 bridgehead atoms. The van der Waals surface area contributed by atoms with E-state index < -0.39 is 0 Å². The Balaban J connectivity index is 2.43. The number of rotatable bonds is 3. The van der Waals surface area contributed by atoms with Gasteiger partial charge in [-0.2, -0.15) is 0 Å². The number of hydrogen-bond acceptors (Lipinski definition) is 2. The summed E-state index contributed by atoms with van der Waals surface area (Å²) in [5, 5.41) is 0. The summed E-state index contributed by atoms with van der Waals surface area (Å²) in [6, 6.07) is 8.16. The number of hydrogen-bond donors (Lipinski definition) is 0. The van der Waals surface area contributed by atoms with Crippen molar-refractivity contribution in [3.63, 3.8) is 0 Å². The van der Waals surface area contributed by atoms with Crippen molar-refractivity contribution in [1.29, 1.82) is 0 Å². The molecule has 92 valence electrons. The molecule has 2 nitrogen and oxygen atoms in total. The monoisotopic (exact) mass is 231 g/mol. The standard InChI is InChI=1S/C15H21NO/c1-12(17)13-7-6-8-14(11-13)15(16(2)3)9-4-5-10-15/h6-8,11H,4-5,9-10H2,1-3H3. The van der Waals surface area contributed by atoms with Gasteiger partial charge in [-0.05, 0) is 45.5 Å². The van der Waals surface area contributed by atoms with E-state index in [-0.39, 0.29) is 11.3 Å².